The zero-order valence-electron chi connectivity index (χ0n) is 16.2. The Labute approximate surface area is 184 Å². The smallest absolute Gasteiger partial charge is 0.272 e. The van der Waals surface area contributed by atoms with Gasteiger partial charge in [-0.05, 0) is 36.1 Å². The van der Waals surface area contributed by atoms with E-state index in [0.717, 1.165) is 11.9 Å². The molecule has 0 aliphatic heterocycles. The van der Waals surface area contributed by atoms with Gasteiger partial charge in [0.25, 0.3) is 5.56 Å². The Morgan fingerprint density at radius 3 is 2.90 bits per heavy atom. The minimum atomic E-state index is -0.207. The van der Waals surface area contributed by atoms with Crippen molar-refractivity contribution in [3.63, 3.8) is 0 Å². The van der Waals surface area contributed by atoms with Crippen molar-refractivity contribution >= 4 is 62.3 Å². The lowest BCUT2D eigenvalue weighted by Gasteiger charge is -2.09. The van der Waals surface area contributed by atoms with E-state index in [1.165, 1.54) is 30.2 Å². The molecule has 0 fully saturated rings. The largest absolute Gasteiger partial charge is 0.495 e. The lowest BCUT2D eigenvalue weighted by molar-refractivity contribution is -0.113. The number of halogens is 1. The second-order valence-corrected chi connectivity index (χ2v) is 8.66. The maximum absolute atomic E-state index is 12.7. The molecule has 4 rings (SSSR count). The van der Waals surface area contributed by atoms with Crippen LogP contribution in [0.5, 0.6) is 5.75 Å². The Balaban J connectivity index is 1.58. The van der Waals surface area contributed by atoms with Crippen LogP contribution in [0, 0.1) is 0 Å². The number of methoxy groups -OCH3 is 1. The summed E-state index contributed by atoms with van der Waals surface area (Å²) in [6.45, 7) is 2.56. The molecule has 0 aliphatic rings. The molecular weight excluding hydrogens is 446 g/mol. The van der Waals surface area contributed by atoms with Gasteiger partial charge in [0.2, 0.25) is 11.7 Å². The topological polar surface area (TPSA) is 90.5 Å². The molecule has 0 spiro atoms. The number of amides is 1. The Kier molecular flexibility index (Phi) is 5.98. The van der Waals surface area contributed by atoms with Crippen LogP contribution in [0.25, 0.3) is 16.0 Å². The van der Waals surface area contributed by atoms with Crippen LogP contribution in [0.3, 0.4) is 0 Å². The van der Waals surface area contributed by atoms with Crippen LogP contribution >= 0.6 is 34.7 Å². The number of thiophene rings is 1. The standard InChI is InChI=1S/C19H18ClN5O3S2/c1-3-7-24-17(27)16-13(6-8-29-16)25-18(24)22-23-19(25)30-10-15(26)21-11-4-5-14(28-2)12(20)9-11/h4-6,8-9H,3,7,10H2,1-2H3,(H,21,26). The number of ether oxygens (including phenoxy) is 1. The highest BCUT2D eigenvalue weighted by molar-refractivity contribution is 7.99. The molecule has 3 heterocycles. The molecule has 30 heavy (non-hydrogen) atoms. The number of aromatic nitrogens is 4. The van der Waals surface area contributed by atoms with Crippen LogP contribution in [0.2, 0.25) is 5.02 Å². The van der Waals surface area contributed by atoms with Crippen molar-refractivity contribution < 1.29 is 9.53 Å². The predicted molar refractivity (Wildman–Crippen MR) is 120 cm³/mol. The molecule has 8 nitrogen and oxygen atoms in total. The van der Waals surface area contributed by atoms with Gasteiger partial charge in [0, 0.05) is 12.2 Å². The van der Waals surface area contributed by atoms with E-state index in [0.29, 0.717) is 38.6 Å². The Morgan fingerprint density at radius 1 is 1.33 bits per heavy atom. The summed E-state index contributed by atoms with van der Waals surface area (Å²) >= 11 is 8.75. The zero-order chi connectivity index (χ0) is 21.3. The molecule has 0 aliphatic carbocycles. The lowest BCUT2D eigenvalue weighted by atomic mass is 10.3. The molecule has 0 atom stereocenters. The van der Waals surface area contributed by atoms with E-state index in [1.807, 2.05) is 22.8 Å². The third kappa shape index (κ3) is 3.78. The minimum absolute atomic E-state index is 0.0626. The summed E-state index contributed by atoms with van der Waals surface area (Å²) in [5.41, 5.74) is 1.27. The number of nitrogens with zero attached hydrogens (tertiary/aromatic N) is 4. The van der Waals surface area contributed by atoms with Crippen molar-refractivity contribution in [2.75, 3.05) is 18.2 Å². The molecule has 3 aromatic heterocycles. The SMILES string of the molecule is CCCn1c(=O)c2sccc2n2c(SCC(=O)Nc3ccc(OC)c(Cl)c3)nnc12. The average molecular weight is 464 g/mol. The number of nitrogens with one attached hydrogen (secondary N) is 1. The zero-order valence-corrected chi connectivity index (χ0v) is 18.6. The molecular formula is C19H18ClN5O3S2. The fraction of sp³-hybridized carbons (Fsp3) is 0.263. The first kappa shape index (κ1) is 20.7. The minimum Gasteiger partial charge on any atom is -0.495 e. The van der Waals surface area contributed by atoms with Gasteiger partial charge in [-0.15, -0.1) is 21.5 Å². The number of anilines is 1. The van der Waals surface area contributed by atoms with Crippen LogP contribution in [-0.2, 0) is 11.3 Å². The summed E-state index contributed by atoms with van der Waals surface area (Å²) in [6.07, 6.45) is 0.800. The predicted octanol–water partition coefficient (Wildman–Crippen LogP) is 3.91. The number of hydrogen-bond donors (Lipinski definition) is 1. The molecule has 0 bridgehead atoms. The fourth-order valence-electron chi connectivity index (χ4n) is 3.09. The maximum Gasteiger partial charge on any atom is 0.272 e. The van der Waals surface area contributed by atoms with Crippen molar-refractivity contribution in [3.8, 4) is 5.75 Å². The molecule has 1 amide bonds. The average Bonchev–Trinajstić information content (AvgIpc) is 3.36. The number of carbonyl (C=O) groups excluding carboxylic acids is 1. The van der Waals surface area contributed by atoms with E-state index in [4.69, 9.17) is 16.3 Å². The number of carbonyl (C=O) groups is 1. The molecule has 0 radical (unpaired) electrons. The first-order valence-corrected chi connectivity index (χ1v) is 11.4. The fourth-order valence-corrected chi connectivity index (χ4v) is 4.91. The summed E-state index contributed by atoms with van der Waals surface area (Å²) in [5.74, 6) is 0.944. The van der Waals surface area contributed by atoms with E-state index in [9.17, 15) is 9.59 Å². The summed E-state index contributed by atoms with van der Waals surface area (Å²) in [5, 5.41) is 14.1. The molecule has 0 unspecified atom stereocenters. The third-order valence-corrected chi connectivity index (χ3v) is 6.51. The van der Waals surface area contributed by atoms with Gasteiger partial charge in [0.15, 0.2) is 5.16 Å². The Bertz CT molecular complexity index is 1300. The van der Waals surface area contributed by atoms with Gasteiger partial charge in [-0.3, -0.25) is 18.6 Å². The molecule has 11 heteroatoms. The van der Waals surface area contributed by atoms with Gasteiger partial charge in [0.05, 0.1) is 23.4 Å². The second-order valence-electron chi connectivity index (χ2n) is 6.40. The molecule has 156 valence electrons. The lowest BCUT2D eigenvalue weighted by Crippen LogP contribution is -2.22. The van der Waals surface area contributed by atoms with Crippen molar-refractivity contribution in [2.24, 2.45) is 0 Å². The van der Waals surface area contributed by atoms with Gasteiger partial charge in [-0.2, -0.15) is 0 Å². The number of aryl methyl sites for hydroxylation is 1. The molecule has 1 aromatic carbocycles. The van der Waals surface area contributed by atoms with Crippen LogP contribution in [-0.4, -0.2) is 37.9 Å². The van der Waals surface area contributed by atoms with Gasteiger partial charge >= 0.3 is 0 Å². The number of benzene rings is 1. The van der Waals surface area contributed by atoms with E-state index in [1.54, 1.807) is 22.8 Å². The maximum atomic E-state index is 12.7. The molecule has 4 aromatic rings. The summed E-state index contributed by atoms with van der Waals surface area (Å²) in [6, 6.07) is 6.92. The number of fused-ring (bicyclic) bond motifs is 3. The molecule has 1 N–H and O–H groups in total. The van der Waals surface area contributed by atoms with Crippen LogP contribution in [0.1, 0.15) is 13.3 Å². The highest BCUT2D eigenvalue weighted by atomic mass is 35.5. The van der Waals surface area contributed by atoms with E-state index in [-0.39, 0.29) is 17.2 Å². The highest BCUT2D eigenvalue weighted by Crippen LogP contribution is 2.28. The van der Waals surface area contributed by atoms with Crippen LogP contribution in [0.4, 0.5) is 5.69 Å². The van der Waals surface area contributed by atoms with Crippen molar-refractivity contribution in [1.29, 1.82) is 0 Å². The van der Waals surface area contributed by atoms with Crippen LogP contribution in [0.15, 0.2) is 39.6 Å². The first-order chi connectivity index (χ1) is 14.5. The van der Waals surface area contributed by atoms with Crippen molar-refractivity contribution in [2.45, 2.75) is 25.0 Å². The van der Waals surface area contributed by atoms with Gasteiger partial charge < -0.3 is 10.1 Å². The van der Waals surface area contributed by atoms with Crippen LogP contribution < -0.4 is 15.6 Å². The van der Waals surface area contributed by atoms with E-state index < -0.39 is 0 Å². The number of hydrogen-bond acceptors (Lipinski definition) is 7. The molecule has 0 saturated carbocycles. The normalized spacial score (nSPS) is 11.3. The summed E-state index contributed by atoms with van der Waals surface area (Å²) in [7, 11) is 1.53. The van der Waals surface area contributed by atoms with Gasteiger partial charge in [-0.1, -0.05) is 30.3 Å². The van der Waals surface area contributed by atoms with Crippen molar-refractivity contribution in [3.05, 3.63) is 45.0 Å². The Morgan fingerprint density at radius 2 is 2.17 bits per heavy atom. The monoisotopic (exact) mass is 463 g/mol. The summed E-state index contributed by atoms with van der Waals surface area (Å²) in [4.78, 5) is 25.2. The summed E-state index contributed by atoms with van der Waals surface area (Å²) < 4.78 is 9.24. The van der Waals surface area contributed by atoms with Gasteiger partial charge in [-0.25, -0.2) is 0 Å². The highest BCUT2D eigenvalue weighted by Gasteiger charge is 2.18. The number of thioether (sulfide) groups is 1. The Hall–Kier alpha value is -2.56. The number of rotatable bonds is 7. The first-order valence-electron chi connectivity index (χ1n) is 9.14. The molecule has 0 saturated heterocycles. The quantitative estimate of drug-likeness (QED) is 0.418. The van der Waals surface area contributed by atoms with E-state index >= 15 is 0 Å². The van der Waals surface area contributed by atoms with E-state index in [2.05, 4.69) is 15.5 Å². The van der Waals surface area contributed by atoms with Gasteiger partial charge in [0.1, 0.15) is 10.4 Å². The van der Waals surface area contributed by atoms with Crippen molar-refractivity contribution in [1.82, 2.24) is 19.2 Å². The second kappa shape index (κ2) is 8.66. The third-order valence-electron chi connectivity index (χ3n) is 4.40.